The van der Waals surface area contributed by atoms with Gasteiger partial charge in [-0.1, -0.05) is 6.92 Å². The van der Waals surface area contributed by atoms with E-state index < -0.39 is 0 Å². The Bertz CT molecular complexity index is 326. The molecule has 0 saturated carbocycles. The first-order valence-corrected chi connectivity index (χ1v) is 4.74. The SMILES string of the molecule is CCCNC(=O)/C=C/c1ccc(C)o1. The van der Waals surface area contributed by atoms with Gasteiger partial charge in [-0.15, -0.1) is 0 Å². The predicted octanol–water partition coefficient (Wildman–Crippen LogP) is 2.13. The lowest BCUT2D eigenvalue weighted by Crippen LogP contribution is -2.21. The minimum atomic E-state index is -0.0825. The highest BCUT2D eigenvalue weighted by Crippen LogP contribution is 2.07. The molecule has 1 heterocycles. The molecule has 1 aromatic rings. The Hall–Kier alpha value is -1.51. The lowest BCUT2D eigenvalue weighted by molar-refractivity contribution is -0.116. The molecule has 0 fully saturated rings. The largest absolute Gasteiger partial charge is 0.462 e. The summed E-state index contributed by atoms with van der Waals surface area (Å²) in [5, 5.41) is 2.74. The Kier molecular flexibility index (Phi) is 3.98. The van der Waals surface area contributed by atoms with Gasteiger partial charge in [-0.2, -0.15) is 0 Å². The van der Waals surface area contributed by atoms with Gasteiger partial charge in [0.25, 0.3) is 0 Å². The first kappa shape index (κ1) is 10.6. The summed E-state index contributed by atoms with van der Waals surface area (Å²) in [6, 6.07) is 3.70. The first-order chi connectivity index (χ1) is 6.72. The second kappa shape index (κ2) is 5.27. The lowest BCUT2D eigenvalue weighted by atomic mass is 10.3. The normalized spacial score (nSPS) is 10.7. The van der Waals surface area contributed by atoms with Crippen molar-refractivity contribution in [2.24, 2.45) is 0 Å². The molecule has 0 saturated heterocycles. The van der Waals surface area contributed by atoms with Gasteiger partial charge >= 0.3 is 0 Å². The Morgan fingerprint density at radius 2 is 2.36 bits per heavy atom. The van der Waals surface area contributed by atoms with Gasteiger partial charge in [0.15, 0.2) is 0 Å². The number of amides is 1. The Morgan fingerprint density at radius 3 is 2.93 bits per heavy atom. The average Bonchev–Trinajstić information content (AvgIpc) is 2.58. The highest BCUT2D eigenvalue weighted by Gasteiger charge is 1.95. The second-order valence-electron chi connectivity index (χ2n) is 3.07. The maximum atomic E-state index is 11.1. The standard InChI is InChI=1S/C11H15NO2/c1-3-8-12-11(13)7-6-10-5-4-9(2)14-10/h4-7H,3,8H2,1-2H3,(H,12,13)/b7-6+. The van der Waals surface area contributed by atoms with Gasteiger partial charge in [-0.05, 0) is 31.6 Å². The minimum Gasteiger partial charge on any atom is -0.462 e. The molecule has 3 nitrogen and oxygen atoms in total. The van der Waals surface area contributed by atoms with E-state index >= 15 is 0 Å². The molecule has 1 amide bonds. The van der Waals surface area contributed by atoms with Crippen LogP contribution in [0.2, 0.25) is 0 Å². The monoisotopic (exact) mass is 193 g/mol. The number of carbonyl (C=O) groups is 1. The van der Waals surface area contributed by atoms with Crippen LogP contribution in [-0.4, -0.2) is 12.5 Å². The third-order valence-electron chi connectivity index (χ3n) is 1.71. The summed E-state index contributed by atoms with van der Waals surface area (Å²) in [5.41, 5.74) is 0. The molecule has 0 unspecified atom stereocenters. The lowest BCUT2D eigenvalue weighted by Gasteiger charge is -1.96. The van der Waals surface area contributed by atoms with Crippen molar-refractivity contribution in [2.45, 2.75) is 20.3 Å². The number of hydrogen-bond acceptors (Lipinski definition) is 2. The van der Waals surface area contributed by atoms with Gasteiger partial charge in [0.2, 0.25) is 5.91 Å². The van der Waals surface area contributed by atoms with Crippen LogP contribution in [0.5, 0.6) is 0 Å². The molecule has 0 aromatic carbocycles. The van der Waals surface area contributed by atoms with Crippen LogP contribution in [0.1, 0.15) is 24.9 Å². The number of rotatable bonds is 4. The van der Waals surface area contributed by atoms with E-state index in [0.29, 0.717) is 12.3 Å². The summed E-state index contributed by atoms with van der Waals surface area (Å²) >= 11 is 0. The van der Waals surface area contributed by atoms with Crippen LogP contribution < -0.4 is 5.32 Å². The van der Waals surface area contributed by atoms with E-state index in [2.05, 4.69) is 5.32 Å². The molecular formula is C11H15NO2. The van der Waals surface area contributed by atoms with Crippen LogP contribution in [0.15, 0.2) is 22.6 Å². The Labute approximate surface area is 83.8 Å². The first-order valence-electron chi connectivity index (χ1n) is 4.74. The summed E-state index contributed by atoms with van der Waals surface area (Å²) < 4.78 is 5.27. The van der Waals surface area contributed by atoms with Gasteiger partial charge in [0.1, 0.15) is 11.5 Å². The molecule has 0 aliphatic heterocycles. The molecule has 1 N–H and O–H groups in total. The van der Waals surface area contributed by atoms with Crippen molar-refractivity contribution < 1.29 is 9.21 Å². The van der Waals surface area contributed by atoms with Crippen LogP contribution in [0, 0.1) is 6.92 Å². The molecule has 0 radical (unpaired) electrons. The summed E-state index contributed by atoms with van der Waals surface area (Å²) in [5.74, 6) is 1.47. The second-order valence-corrected chi connectivity index (χ2v) is 3.07. The van der Waals surface area contributed by atoms with Crippen molar-refractivity contribution in [1.29, 1.82) is 0 Å². The molecule has 0 atom stereocenters. The molecule has 76 valence electrons. The van der Waals surface area contributed by atoms with Gasteiger partial charge in [0.05, 0.1) is 0 Å². The van der Waals surface area contributed by atoms with Crippen LogP contribution in [0.4, 0.5) is 0 Å². The maximum absolute atomic E-state index is 11.1. The average molecular weight is 193 g/mol. The smallest absolute Gasteiger partial charge is 0.244 e. The summed E-state index contributed by atoms with van der Waals surface area (Å²) in [6.45, 7) is 4.59. The molecule has 0 aliphatic carbocycles. The van der Waals surface area contributed by atoms with Gasteiger partial charge in [-0.3, -0.25) is 4.79 Å². The molecule has 3 heteroatoms. The van der Waals surface area contributed by atoms with Crippen molar-refractivity contribution in [3.63, 3.8) is 0 Å². The summed E-state index contributed by atoms with van der Waals surface area (Å²) in [6.07, 6.45) is 4.09. The van der Waals surface area contributed by atoms with E-state index in [9.17, 15) is 4.79 Å². The van der Waals surface area contributed by atoms with Crippen molar-refractivity contribution >= 4 is 12.0 Å². The third kappa shape index (κ3) is 3.47. The quantitative estimate of drug-likeness (QED) is 0.744. The van der Waals surface area contributed by atoms with Crippen molar-refractivity contribution in [3.8, 4) is 0 Å². The number of hydrogen-bond donors (Lipinski definition) is 1. The fraction of sp³-hybridized carbons (Fsp3) is 0.364. The van der Waals surface area contributed by atoms with Crippen molar-refractivity contribution in [2.75, 3.05) is 6.54 Å². The number of aryl methyl sites for hydroxylation is 1. The molecule has 1 aromatic heterocycles. The Balaban J connectivity index is 2.43. The molecule has 0 spiro atoms. The van der Waals surface area contributed by atoms with Gasteiger partial charge in [0, 0.05) is 12.6 Å². The summed E-state index contributed by atoms with van der Waals surface area (Å²) in [7, 11) is 0. The summed E-state index contributed by atoms with van der Waals surface area (Å²) in [4.78, 5) is 11.1. The third-order valence-corrected chi connectivity index (χ3v) is 1.71. The van der Waals surface area contributed by atoms with Crippen LogP contribution in [0.3, 0.4) is 0 Å². The maximum Gasteiger partial charge on any atom is 0.244 e. The number of nitrogens with one attached hydrogen (secondary N) is 1. The zero-order valence-electron chi connectivity index (χ0n) is 8.54. The van der Waals surface area contributed by atoms with E-state index in [1.807, 2.05) is 26.0 Å². The van der Waals surface area contributed by atoms with Crippen LogP contribution in [-0.2, 0) is 4.79 Å². The fourth-order valence-corrected chi connectivity index (χ4v) is 1.01. The van der Waals surface area contributed by atoms with Gasteiger partial charge in [-0.25, -0.2) is 0 Å². The van der Waals surface area contributed by atoms with E-state index in [1.54, 1.807) is 6.08 Å². The molecule has 1 rings (SSSR count). The van der Waals surface area contributed by atoms with Crippen molar-refractivity contribution in [1.82, 2.24) is 5.32 Å². The highest BCUT2D eigenvalue weighted by molar-refractivity contribution is 5.91. The topological polar surface area (TPSA) is 42.2 Å². The Morgan fingerprint density at radius 1 is 1.57 bits per heavy atom. The van der Waals surface area contributed by atoms with E-state index in [0.717, 1.165) is 12.2 Å². The van der Waals surface area contributed by atoms with Crippen LogP contribution in [0.25, 0.3) is 6.08 Å². The number of carbonyl (C=O) groups excluding carboxylic acids is 1. The molecular weight excluding hydrogens is 178 g/mol. The highest BCUT2D eigenvalue weighted by atomic mass is 16.3. The molecule has 14 heavy (non-hydrogen) atoms. The number of furan rings is 1. The minimum absolute atomic E-state index is 0.0825. The van der Waals surface area contributed by atoms with Crippen molar-refractivity contribution in [3.05, 3.63) is 29.7 Å². The predicted molar refractivity (Wildman–Crippen MR) is 55.8 cm³/mol. The van der Waals surface area contributed by atoms with Crippen LogP contribution >= 0.6 is 0 Å². The van der Waals surface area contributed by atoms with E-state index in [1.165, 1.54) is 6.08 Å². The van der Waals surface area contributed by atoms with E-state index in [-0.39, 0.29) is 5.91 Å². The zero-order chi connectivity index (χ0) is 10.4. The fourth-order valence-electron chi connectivity index (χ4n) is 1.01. The molecule has 0 aliphatic rings. The van der Waals surface area contributed by atoms with E-state index in [4.69, 9.17) is 4.42 Å². The zero-order valence-corrected chi connectivity index (χ0v) is 8.54. The van der Waals surface area contributed by atoms with Gasteiger partial charge < -0.3 is 9.73 Å². The molecule has 0 bridgehead atoms.